The fourth-order valence-corrected chi connectivity index (χ4v) is 2.49. The molecule has 0 aliphatic rings. The highest BCUT2D eigenvalue weighted by Gasteiger charge is 2.08. The molecule has 0 saturated heterocycles. The number of rotatable bonds is 2. The van der Waals surface area contributed by atoms with Gasteiger partial charge in [-0.1, -0.05) is 5.92 Å². The van der Waals surface area contributed by atoms with Crippen LogP contribution in [0.5, 0.6) is 0 Å². The van der Waals surface area contributed by atoms with Crippen LogP contribution in [0.15, 0.2) is 32.3 Å². The van der Waals surface area contributed by atoms with Crippen molar-refractivity contribution in [1.29, 1.82) is 0 Å². The third-order valence-electron chi connectivity index (χ3n) is 2.63. The van der Waals surface area contributed by atoms with Gasteiger partial charge in [0.2, 0.25) is 0 Å². The average Bonchev–Trinajstić information content (AvgIpc) is 2.29. The van der Waals surface area contributed by atoms with Gasteiger partial charge in [0.25, 0.3) is 0 Å². The van der Waals surface area contributed by atoms with Gasteiger partial charge >= 0.3 is 5.63 Å². The van der Waals surface area contributed by atoms with Crippen LogP contribution in [-0.2, 0) is 0 Å². The molecular formula is C14H12O2S. The van der Waals surface area contributed by atoms with E-state index in [0.717, 1.165) is 21.4 Å². The molecular weight excluding hydrogens is 232 g/mol. The van der Waals surface area contributed by atoms with Gasteiger partial charge in [-0.25, -0.2) is 4.79 Å². The predicted molar refractivity (Wildman–Crippen MR) is 71.5 cm³/mol. The molecule has 0 amide bonds. The maximum Gasteiger partial charge on any atom is 0.336 e. The number of terminal acetylenes is 1. The lowest BCUT2D eigenvalue weighted by Crippen LogP contribution is -1.99. The van der Waals surface area contributed by atoms with Crippen molar-refractivity contribution in [3.8, 4) is 12.3 Å². The summed E-state index contributed by atoms with van der Waals surface area (Å²) in [5.41, 5.74) is 2.27. The van der Waals surface area contributed by atoms with Gasteiger partial charge in [0.1, 0.15) is 5.58 Å². The van der Waals surface area contributed by atoms with E-state index in [-0.39, 0.29) is 5.63 Å². The van der Waals surface area contributed by atoms with Crippen LogP contribution in [0, 0.1) is 26.2 Å². The van der Waals surface area contributed by atoms with Crippen molar-refractivity contribution in [1.82, 2.24) is 0 Å². The third kappa shape index (κ3) is 2.22. The first-order valence-electron chi connectivity index (χ1n) is 5.24. The molecule has 0 saturated carbocycles. The Bertz CT molecular complexity index is 662. The first-order valence-corrected chi connectivity index (χ1v) is 6.22. The summed E-state index contributed by atoms with van der Waals surface area (Å²) in [7, 11) is 0. The second-order valence-electron chi connectivity index (χ2n) is 3.81. The van der Waals surface area contributed by atoms with Crippen molar-refractivity contribution < 1.29 is 4.42 Å². The van der Waals surface area contributed by atoms with E-state index in [1.807, 2.05) is 26.0 Å². The van der Waals surface area contributed by atoms with Crippen molar-refractivity contribution in [3.05, 3.63) is 39.7 Å². The van der Waals surface area contributed by atoms with Crippen molar-refractivity contribution in [2.75, 3.05) is 5.75 Å². The predicted octanol–water partition coefficient (Wildman–Crippen LogP) is 3.14. The minimum atomic E-state index is -0.308. The molecule has 2 nitrogen and oxygen atoms in total. The number of thioether (sulfide) groups is 1. The SMILES string of the molecule is C#CCSc1ccc2c(C)cc(=O)oc2c1C. The van der Waals surface area contributed by atoms with Gasteiger partial charge in [-0.05, 0) is 31.5 Å². The summed E-state index contributed by atoms with van der Waals surface area (Å²) in [6.07, 6.45) is 5.24. The maximum atomic E-state index is 11.4. The van der Waals surface area contributed by atoms with E-state index in [2.05, 4.69) is 5.92 Å². The topological polar surface area (TPSA) is 30.2 Å². The van der Waals surface area contributed by atoms with Crippen LogP contribution in [0.25, 0.3) is 11.0 Å². The highest BCUT2D eigenvalue weighted by atomic mass is 32.2. The van der Waals surface area contributed by atoms with Crippen LogP contribution in [0.4, 0.5) is 0 Å². The van der Waals surface area contributed by atoms with Crippen molar-refractivity contribution in [2.45, 2.75) is 18.7 Å². The fraction of sp³-hybridized carbons (Fsp3) is 0.214. The van der Waals surface area contributed by atoms with Gasteiger partial charge in [-0.2, -0.15) is 0 Å². The molecule has 1 aromatic heterocycles. The van der Waals surface area contributed by atoms with E-state index in [4.69, 9.17) is 10.8 Å². The molecule has 0 bridgehead atoms. The highest BCUT2D eigenvalue weighted by Crippen LogP contribution is 2.29. The van der Waals surface area contributed by atoms with E-state index in [1.54, 1.807) is 11.8 Å². The summed E-state index contributed by atoms with van der Waals surface area (Å²) in [5.74, 6) is 3.20. The minimum absolute atomic E-state index is 0.308. The van der Waals surface area contributed by atoms with Crippen LogP contribution in [-0.4, -0.2) is 5.75 Å². The quantitative estimate of drug-likeness (QED) is 0.462. The number of fused-ring (bicyclic) bond motifs is 1. The van der Waals surface area contributed by atoms with Gasteiger partial charge in [0.05, 0.1) is 5.75 Å². The van der Waals surface area contributed by atoms with Gasteiger partial charge in [-0.15, -0.1) is 18.2 Å². The van der Waals surface area contributed by atoms with Crippen LogP contribution in [0.1, 0.15) is 11.1 Å². The standard InChI is InChI=1S/C14H12O2S/c1-4-7-17-12-6-5-11-9(2)8-13(15)16-14(11)10(12)3/h1,5-6,8H,7H2,2-3H3. The molecule has 86 valence electrons. The summed E-state index contributed by atoms with van der Waals surface area (Å²) >= 11 is 1.58. The van der Waals surface area contributed by atoms with E-state index in [0.29, 0.717) is 11.3 Å². The number of hydrogen-bond acceptors (Lipinski definition) is 3. The molecule has 0 aliphatic heterocycles. The second kappa shape index (κ2) is 4.68. The van der Waals surface area contributed by atoms with Crippen molar-refractivity contribution >= 4 is 22.7 Å². The van der Waals surface area contributed by atoms with E-state index >= 15 is 0 Å². The molecule has 0 unspecified atom stereocenters. The average molecular weight is 244 g/mol. The molecule has 0 aliphatic carbocycles. The van der Waals surface area contributed by atoms with Crippen LogP contribution < -0.4 is 5.63 Å². The Morgan fingerprint density at radius 1 is 1.41 bits per heavy atom. The van der Waals surface area contributed by atoms with E-state index in [1.165, 1.54) is 6.07 Å². The highest BCUT2D eigenvalue weighted by molar-refractivity contribution is 7.99. The molecule has 2 aromatic rings. The molecule has 1 heterocycles. The Kier molecular flexibility index (Phi) is 3.26. The Balaban J connectivity index is 2.67. The zero-order valence-corrected chi connectivity index (χ0v) is 10.6. The maximum absolute atomic E-state index is 11.4. The fourth-order valence-electron chi connectivity index (χ4n) is 1.78. The first kappa shape index (κ1) is 11.8. The molecule has 3 heteroatoms. The van der Waals surface area contributed by atoms with Gasteiger partial charge in [0.15, 0.2) is 0 Å². The van der Waals surface area contributed by atoms with Gasteiger partial charge in [-0.3, -0.25) is 0 Å². The lowest BCUT2D eigenvalue weighted by atomic mass is 10.1. The zero-order chi connectivity index (χ0) is 12.4. The first-order chi connectivity index (χ1) is 8.13. The largest absolute Gasteiger partial charge is 0.422 e. The number of aryl methyl sites for hydroxylation is 2. The van der Waals surface area contributed by atoms with Crippen LogP contribution >= 0.6 is 11.8 Å². The molecule has 0 atom stereocenters. The molecule has 1 aromatic carbocycles. The molecule has 17 heavy (non-hydrogen) atoms. The molecule has 0 N–H and O–H groups in total. The van der Waals surface area contributed by atoms with Crippen molar-refractivity contribution in [2.24, 2.45) is 0 Å². The lowest BCUT2D eigenvalue weighted by molar-refractivity contribution is 0.556. The summed E-state index contributed by atoms with van der Waals surface area (Å²) < 4.78 is 5.27. The Labute approximate surface area is 104 Å². The second-order valence-corrected chi connectivity index (χ2v) is 4.82. The number of benzene rings is 1. The summed E-state index contributed by atoms with van der Waals surface area (Å²) in [5, 5.41) is 0.979. The van der Waals surface area contributed by atoms with Crippen molar-refractivity contribution in [3.63, 3.8) is 0 Å². The van der Waals surface area contributed by atoms with Crippen LogP contribution in [0.3, 0.4) is 0 Å². The minimum Gasteiger partial charge on any atom is -0.422 e. The lowest BCUT2D eigenvalue weighted by Gasteiger charge is -2.07. The molecule has 0 spiro atoms. The normalized spacial score (nSPS) is 10.4. The molecule has 0 fully saturated rings. The summed E-state index contributed by atoms with van der Waals surface area (Å²) in [6.45, 7) is 3.86. The Morgan fingerprint density at radius 2 is 2.18 bits per heavy atom. The summed E-state index contributed by atoms with van der Waals surface area (Å²) in [4.78, 5) is 12.4. The Morgan fingerprint density at radius 3 is 2.88 bits per heavy atom. The van der Waals surface area contributed by atoms with E-state index < -0.39 is 0 Å². The third-order valence-corrected chi connectivity index (χ3v) is 3.69. The van der Waals surface area contributed by atoms with Gasteiger partial charge < -0.3 is 4.42 Å². The van der Waals surface area contributed by atoms with E-state index in [9.17, 15) is 4.79 Å². The number of hydrogen-bond donors (Lipinski definition) is 0. The summed E-state index contributed by atoms with van der Waals surface area (Å²) in [6, 6.07) is 5.50. The monoisotopic (exact) mass is 244 g/mol. The van der Waals surface area contributed by atoms with Gasteiger partial charge in [0, 0.05) is 21.9 Å². The smallest absolute Gasteiger partial charge is 0.336 e. The zero-order valence-electron chi connectivity index (χ0n) is 9.74. The Hall–Kier alpha value is -1.66. The van der Waals surface area contributed by atoms with Crippen LogP contribution in [0.2, 0.25) is 0 Å². The molecule has 0 radical (unpaired) electrons. The molecule has 2 rings (SSSR count).